The van der Waals surface area contributed by atoms with Crippen LogP contribution < -0.4 is 9.64 Å². The zero-order chi connectivity index (χ0) is 20.2. The van der Waals surface area contributed by atoms with Crippen LogP contribution in [0.5, 0.6) is 5.75 Å². The summed E-state index contributed by atoms with van der Waals surface area (Å²) in [5, 5.41) is 11.8. The molecular formula is C24H23BrClNO2. The summed E-state index contributed by atoms with van der Waals surface area (Å²) in [6.45, 7) is 1.90. The largest absolute Gasteiger partial charge is 0.489 e. The number of nitrogens with zero attached hydrogens (tertiary/aromatic N) is 1. The van der Waals surface area contributed by atoms with Crippen molar-refractivity contribution in [2.24, 2.45) is 0 Å². The van der Waals surface area contributed by atoms with Gasteiger partial charge in [-0.15, -0.1) is 0 Å². The normalized spacial score (nSPS) is 14.4. The highest BCUT2D eigenvalue weighted by atomic mass is 79.9. The first-order chi connectivity index (χ1) is 14.1. The Bertz CT molecular complexity index is 977. The molecule has 1 unspecified atom stereocenters. The van der Waals surface area contributed by atoms with Crippen LogP contribution in [0.1, 0.15) is 29.2 Å². The first kappa shape index (κ1) is 20.3. The van der Waals surface area contributed by atoms with Crippen LogP contribution >= 0.6 is 27.5 Å². The summed E-state index contributed by atoms with van der Waals surface area (Å²) in [4.78, 5) is 2.27. The van der Waals surface area contributed by atoms with E-state index in [0.29, 0.717) is 23.9 Å². The van der Waals surface area contributed by atoms with Gasteiger partial charge in [-0.2, -0.15) is 0 Å². The molecular weight excluding hydrogens is 450 g/mol. The van der Waals surface area contributed by atoms with E-state index in [-0.39, 0.29) is 0 Å². The van der Waals surface area contributed by atoms with E-state index in [1.165, 1.54) is 11.3 Å². The van der Waals surface area contributed by atoms with Gasteiger partial charge in [0.1, 0.15) is 18.5 Å². The van der Waals surface area contributed by atoms with E-state index in [9.17, 15) is 5.11 Å². The standard InChI is InChI=1S/C24H23BrClNO2/c25-19-9-12-24(29-16-17-7-10-20(26)11-8-17)21(14-19)23(28)15-27-13-3-5-18-4-1-2-6-22(18)27/h1-2,4,6-12,14,23,28H,3,5,13,15-16H2. The van der Waals surface area contributed by atoms with E-state index in [1.807, 2.05) is 42.5 Å². The molecule has 0 radical (unpaired) electrons. The van der Waals surface area contributed by atoms with Crippen molar-refractivity contribution in [3.05, 3.63) is 92.9 Å². The van der Waals surface area contributed by atoms with Gasteiger partial charge in [0, 0.05) is 33.8 Å². The number of benzene rings is 3. The van der Waals surface area contributed by atoms with Crippen molar-refractivity contribution >= 4 is 33.2 Å². The quantitative estimate of drug-likeness (QED) is 0.466. The van der Waals surface area contributed by atoms with Crippen LogP contribution in [0, 0.1) is 0 Å². The fourth-order valence-corrected chi connectivity index (χ4v) is 4.27. The Morgan fingerprint density at radius 2 is 1.86 bits per heavy atom. The predicted molar refractivity (Wildman–Crippen MR) is 122 cm³/mol. The molecule has 0 spiro atoms. The molecule has 1 aliphatic heterocycles. The summed E-state index contributed by atoms with van der Waals surface area (Å²) < 4.78 is 6.98. The molecule has 1 heterocycles. The minimum Gasteiger partial charge on any atom is -0.489 e. The monoisotopic (exact) mass is 471 g/mol. The van der Waals surface area contributed by atoms with Crippen molar-refractivity contribution < 1.29 is 9.84 Å². The minimum absolute atomic E-state index is 0.422. The Morgan fingerprint density at radius 3 is 2.69 bits per heavy atom. The summed E-state index contributed by atoms with van der Waals surface area (Å²) >= 11 is 9.48. The summed E-state index contributed by atoms with van der Waals surface area (Å²) in [6.07, 6.45) is 1.54. The van der Waals surface area contributed by atoms with E-state index in [2.05, 4.69) is 45.1 Å². The molecule has 0 saturated carbocycles. The molecule has 0 bridgehead atoms. The first-order valence-corrected chi connectivity index (χ1v) is 10.9. The number of aliphatic hydroxyl groups excluding tert-OH is 1. The number of hydrogen-bond acceptors (Lipinski definition) is 3. The maximum absolute atomic E-state index is 11.1. The molecule has 1 atom stereocenters. The second-order valence-corrected chi connectivity index (χ2v) is 8.64. The SMILES string of the molecule is OC(CN1CCCc2ccccc21)c1cc(Br)ccc1OCc1ccc(Cl)cc1. The summed E-state index contributed by atoms with van der Waals surface area (Å²) in [6, 6.07) is 21.8. The van der Waals surface area contributed by atoms with Gasteiger partial charge in [0.15, 0.2) is 0 Å². The third-order valence-corrected chi connectivity index (χ3v) is 5.98. The van der Waals surface area contributed by atoms with Crippen molar-refractivity contribution in [2.75, 3.05) is 18.0 Å². The van der Waals surface area contributed by atoms with Crippen LogP contribution in [0.2, 0.25) is 5.02 Å². The van der Waals surface area contributed by atoms with Gasteiger partial charge < -0.3 is 14.7 Å². The molecule has 3 aromatic carbocycles. The number of aliphatic hydroxyl groups is 1. The molecule has 1 aliphatic rings. The maximum atomic E-state index is 11.1. The number of aryl methyl sites for hydroxylation is 1. The van der Waals surface area contributed by atoms with Crippen LogP contribution in [0.15, 0.2) is 71.2 Å². The number of ether oxygens (including phenoxy) is 1. The second kappa shape index (κ2) is 9.21. The topological polar surface area (TPSA) is 32.7 Å². The minimum atomic E-state index is -0.654. The van der Waals surface area contributed by atoms with E-state index < -0.39 is 6.10 Å². The molecule has 3 nitrogen and oxygen atoms in total. The second-order valence-electron chi connectivity index (χ2n) is 7.29. The van der Waals surface area contributed by atoms with Gasteiger partial charge in [0.25, 0.3) is 0 Å². The summed E-state index contributed by atoms with van der Waals surface area (Å²) in [5.74, 6) is 0.695. The lowest BCUT2D eigenvalue weighted by molar-refractivity contribution is 0.175. The molecule has 1 N–H and O–H groups in total. The third-order valence-electron chi connectivity index (χ3n) is 5.24. The number of para-hydroxylation sites is 1. The van der Waals surface area contributed by atoms with E-state index in [4.69, 9.17) is 16.3 Å². The van der Waals surface area contributed by atoms with Crippen molar-refractivity contribution in [1.82, 2.24) is 0 Å². The van der Waals surface area contributed by atoms with Crippen LogP contribution in [0.4, 0.5) is 5.69 Å². The molecule has 150 valence electrons. The Balaban J connectivity index is 1.51. The molecule has 3 aromatic rings. The van der Waals surface area contributed by atoms with Crippen molar-refractivity contribution in [3.63, 3.8) is 0 Å². The van der Waals surface area contributed by atoms with Crippen LogP contribution in [0.25, 0.3) is 0 Å². The van der Waals surface area contributed by atoms with Crippen molar-refractivity contribution in [1.29, 1.82) is 0 Å². The number of anilines is 1. The number of halogens is 2. The Hall–Kier alpha value is -2.01. The number of fused-ring (bicyclic) bond motifs is 1. The molecule has 4 rings (SSSR count). The van der Waals surface area contributed by atoms with Crippen molar-refractivity contribution in [3.8, 4) is 5.75 Å². The molecule has 0 saturated heterocycles. The van der Waals surface area contributed by atoms with Crippen LogP contribution in [-0.2, 0) is 13.0 Å². The highest BCUT2D eigenvalue weighted by Gasteiger charge is 2.22. The fraction of sp³-hybridized carbons (Fsp3) is 0.250. The molecule has 0 fully saturated rings. The summed E-state index contributed by atoms with van der Waals surface area (Å²) in [7, 11) is 0. The summed E-state index contributed by atoms with van der Waals surface area (Å²) in [5.41, 5.74) is 4.38. The van der Waals surface area contributed by atoms with E-state index >= 15 is 0 Å². The lowest BCUT2D eigenvalue weighted by atomic mass is 10.0. The number of rotatable bonds is 6. The zero-order valence-corrected chi connectivity index (χ0v) is 18.4. The van der Waals surface area contributed by atoms with Crippen molar-refractivity contribution in [2.45, 2.75) is 25.6 Å². The Labute approximate surface area is 185 Å². The van der Waals surface area contributed by atoms with E-state index in [0.717, 1.165) is 35.0 Å². The van der Waals surface area contributed by atoms with Crippen LogP contribution in [-0.4, -0.2) is 18.2 Å². The number of hydrogen-bond donors (Lipinski definition) is 1. The maximum Gasteiger partial charge on any atom is 0.125 e. The average molecular weight is 473 g/mol. The highest BCUT2D eigenvalue weighted by molar-refractivity contribution is 9.10. The van der Waals surface area contributed by atoms with Gasteiger partial charge in [0.2, 0.25) is 0 Å². The van der Waals surface area contributed by atoms with E-state index in [1.54, 1.807) is 0 Å². The van der Waals surface area contributed by atoms with Gasteiger partial charge >= 0.3 is 0 Å². The smallest absolute Gasteiger partial charge is 0.125 e. The van der Waals surface area contributed by atoms with Gasteiger partial charge in [0.05, 0.1) is 0 Å². The molecule has 0 amide bonds. The van der Waals surface area contributed by atoms with Gasteiger partial charge in [-0.1, -0.05) is 57.9 Å². The molecule has 0 aromatic heterocycles. The first-order valence-electron chi connectivity index (χ1n) is 9.78. The number of β-amino-alcohol motifs (C(OH)–C–C–N with tert-alkyl or cyclic N) is 1. The lowest BCUT2D eigenvalue weighted by Gasteiger charge is -2.33. The molecule has 0 aliphatic carbocycles. The fourth-order valence-electron chi connectivity index (χ4n) is 3.76. The third kappa shape index (κ3) is 4.95. The van der Waals surface area contributed by atoms with Gasteiger partial charge in [-0.3, -0.25) is 0 Å². The van der Waals surface area contributed by atoms with Gasteiger partial charge in [-0.25, -0.2) is 0 Å². The Kier molecular flexibility index (Phi) is 6.43. The van der Waals surface area contributed by atoms with Gasteiger partial charge in [-0.05, 0) is 60.4 Å². The average Bonchev–Trinajstić information content (AvgIpc) is 2.74. The lowest BCUT2D eigenvalue weighted by Crippen LogP contribution is -2.33. The Morgan fingerprint density at radius 1 is 1.07 bits per heavy atom. The zero-order valence-electron chi connectivity index (χ0n) is 16.0. The molecule has 29 heavy (non-hydrogen) atoms. The highest BCUT2D eigenvalue weighted by Crippen LogP contribution is 2.33. The van der Waals surface area contributed by atoms with Crippen LogP contribution in [0.3, 0.4) is 0 Å². The predicted octanol–water partition coefficient (Wildman–Crippen LogP) is 6.17. The molecule has 5 heteroatoms.